The van der Waals surface area contributed by atoms with Crippen molar-refractivity contribution in [1.82, 2.24) is 15.6 Å². The smallest absolute Gasteiger partial charge is 0.191 e. The fourth-order valence-corrected chi connectivity index (χ4v) is 3.60. The number of benzene rings is 1. The second-order valence-electron chi connectivity index (χ2n) is 5.62. The van der Waals surface area contributed by atoms with E-state index in [1.165, 1.54) is 16.0 Å². The Kier molecular flexibility index (Phi) is 4.73. The molecule has 1 atom stereocenters. The zero-order chi connectivity index (χ0) is 15.4. The maximum Gasteiger partial charge on any atom is 0.191 e. The highest BCUT2D eigenvalue weighted by Gasteiger charge is 2.18. The van der Waals surface area contributed by atoms with E-state index in [0.29, 0.717) is 6.04 Å². The third-order valence-electron chi connectivity index (χ3n) is 4.01. The summed E-state index contributed by atoms with van der Waals surface area (Å²) in [5.74, 6) is 0.871. The molecule has 1 aliphatic rings. The number of nitrogens with one attached hydrogen (secondary N) is 2. The topological polar surface area (TPSA) is 49.3 Å². The Hall–Kier alpha value is -1.88. The van der Waals surface area contributed by atoms with Crippen molar-refractivity contribution >= 4 is 17.3 Å². The van der Waals surface area contributed by atoms with E-state index in [0.717, 1.165) is 36.8 Å². The molecular weight excluding hydrogens is 292 g/mol. The van der Waals surface area contributed by atoms with Crippen molar-refractivity contribution in [1.29, 1.82) is 0 Å². The monoisotopic (exact) mass is 314 g/mol. The summed E-state index contributed by atoms with van der Waals surface area (Å²) in [6.45, 7) is 2.80. The predicted molar refractivity (Wildman–Crippen MR) is 92.4 cm³/mol. The van der Waals surface area contributed by atoms with Gasteiger partial charge >= 0.3 is 0 Å². The van der Waals surface area contributed by atoms with E-state index in [-0.39, 0.29) is 0 Å². The van der Waals surface area contributed by atoms with Gasteiger partial charge in [0.2, 0.25) is 0 Å². The van der Waals surface area contributed by atoms with Gasteiger partial charge < -0.3 is 10.6 Å². The van der Waals surface area contributed by atoms with Crippen LogP contribution < -0.4 is 10.6 Å². The third kappa shape index (κ3) is 3.65. The lowest BCUT2D eigenvalue weighted by molar-refractivity contribution is 0.520. The molecule has 3 rings (SSSR count). The standard InChI is InChI=1S/C17H22N4S/c1-12-19-10-16(22-12)11-20-17(18-2)21-15-8-7-13-5-3-4-6-14(13)9-15/h3-6,10,15H,7-9,11H2,1-2H3,(H2,18,20,21). The molecule has 0 saturated heterocycles. The van der Waals surface area contributed by atoms with E-state index in [2.05, 4.69) is 44.9 Å². The Balaban J connectivity index is 1.55. The number of guanidine groups is 1. The average Bonchev–Trinajstić information content (AvgIpc) is 2.96. The molecule has 2 aromatic rings. The van der Waals surface area contributed by atoms with Crippen molar-refractivity contribution in [2.75, 3.05) is 7.05 Å². The lowest BCUT2D eigenvalue weighted by atomic mass is 9.88. The number of hydrogen-bond donors (Lipinski definition) is 2. The molecule has 1 aromatic heterocycles. The number of thiazole rings is 1. The molecule has 1 aromatic carbocycles. The molecule has 0 spiro atoms. The van der Waals surface area contributed by atoms with Crippen LogP contribution in [0.5, 0.6) is 0 Å². The number of aromatic nitrogens is 1. The van der Waals surface area contributed by atoms with Crippen molar-refractivity contribution in [2.24, 2.45) is 4.99 Å². The normalized spacial score (nSPS) is 17.9. The average molecular weight is 314 g/mol. The molecule has 1 aliphatic carbocycles. The summed E-state index contributed by atoms with van der Waals surface area (Å²) in [4.78, 5) is 9.85. The summed E-state index contributed by atoms with van der Waals surface area (Å²) in [7, 11) is 1.82. The summed E-state index contributed by atoms with van der Waals surface area (Å²) in [6.07, 6.45) is 5.28. The van der Waals surface area contributed by atoms with E-state index in [1.807, 2.05) is 20.2 Å². The molecule has 1 unspecified atom stereocenters. The Morgan fingerprint density at radius 2 is 2.18 bits per heavy atom. The molecule has 0 aliphatic heterocycles. The number of nitrogens with zero attached hydrogens (tertiary/aromatic N) is 2. The Morgan fingerprint density at radius 1 is 1.36 bits per heavy atom. The third-order valence-corrected chi connectivity index (χ3v) is 4.92. The van der Waals surface area contributed by atoms with E-state index < -0.39 is 0 Å². The molecule has 1 heterocycles. The number of aryl methyl sites for hydroxylation is 2. The first kappa shape index (κ1) is 15.0. The van der Waals surface area contributed by atoms with Gasteiger partial charge in [0.25, 0.3) is 0 Å². The summed E-state index contributed by atoms with van der Waals surface area (Å²) in [6, 6.07) is 9.18. The van der Waals surface area contributed by atoms with E-state index in [9.17, 15) is 0 Å². The molecule has 22 heavy (non-hydrogen) atoms. The lowest BCUT2D eigenvalue weighted by Gasteiger charge is -2.27. The van der Waals surface area contributed by atoms with Gasteiger partial charge in [-0.25, -0.2) is 4.98 Å². The highest BCUT2D eigenvalue weighted by molar-refractivity contribution is 7.11. The summed E-state index contributed by atoms with van der Waals surface area (Å²) in [5.41, 5.74) is 2.95. The molecule has 5 heteroatoms. The Labute approximate surface area is 135 Å². The number of fused-ring (bicyclic) bond motifs is 1. The van der Waals surface area contributed by atoms with Gasteiger partial charge in [-0.2, -0.15) is 0 Å². The molecule has 0 amide bonds. The fraction of sp³-hybridized carbons (Fsp3) is 0.412. The molecule has 0 bridgehead atoms. The first-order valence-corrected chi connectivity index (χ1v) is 8.51. The minimum Gasteiger partial charge on any atom is -0.353 e. The molecule has 4 nitrogen and oxygen atoms in total. The zero-order valence-electron chi connectivity index (χ0n) is 13.1. The van der Waals surface area contributed by atoms with Crippen LogP contribution in [0.15, 0.2) is 35.5 Å². The second-order valence-corrected chi connectivity index (χ2v) is 6.94. The number of aliphatic imine (C=N–C) groups is 1. The number of hydrogen-bond acceptors (Lipinski definition) is 3. The molecule has 116 valence electrons. The Morgan fingerprint density at radius 3 is 2.91 bits per heavy atom. The minimum atomic E-state index is 0.448. The van der Waals surface area contributed by atoms with Gasteiger partial charge in [0.1, 0.15) is 0 Å². The van der Waals surface area contributed by atoms with Gasteiger partial charge in [-0.1, -0.05) is 24.3 Å². The largest absolute Gasteiger partial charge is 0.353 e. The van der Waals surface area contributed by atoms with E-state index >= 15 is 0 Å². The summed E-state index contributed by atoms with van der Waals surface area (Å²) in [5, 5.41) is 8.03. The van der Waals surface area contributed by atoms with Crippen LogP contribution in [0, 0.1) is 6.92 Å². The van der Waals surface area contributed by atoms with Crippen LogP contribution in [0.25, 0.3) is 0 Å². The predicted octanol–water partition coefficient (Wildman–Crippen LogP) is 2.67. The van der Waals surface area contributed by atoms with Gasteiger partial charge in [-0.3, -0.25) is 4.99 Å². The minimum absolute atomic E-state index is 0.448. The van der Waals surface area contributed by atoms with E-state index in [1.54, 1.807) is 11.3 Å². The highest BCUT2D eigenvalue weighted by Crippen LogP contribution is 2.21. The first-order valence-electron chi connectivity index (χ1n) is 7.70. The molecule has 0 radical (unpaired) electrons. The maximum absolute atomic E-state index is 4.34. The van der Waals surface area contributed by atoms with Crippen molar-refractivity contribution in [3.8, 4) is 0 Å². The maximum atomic E-state index is 4.34. The summed E-state index contributed by atoms with van der Waals surface area (Å²) >= 11 is 1.72. The highest BCUT2D eigenvalue weighted by atomic mass is 32.1. The SMILES string of the molecule is CN=C(NCc1cnc(C)s1)NC1CCc2ccccc2C1. The van der Waals surface area contributed by atoms with Crippen LogP contribution in [0.1, 0.15) is 27.4 Å². The van der Waals surface area contributed by atoms with Crippen LogP contribution in [-0.4, -0.2) is 24.0 Å². The molecule has 0 fully saturated rings. The van der Waals surface area contributed by atoms with Crippen molar-refractivity contribution in [2.45, 2.75) is 38.8 Å². The Bertz CT molecular complexity index is 662. The quantitative estimate of drug-likeness (QED) is 0.676. The van der Waals surface area contributed by atoms with Crippen LogP contribution in [0.3, 0.4) is 0 Å². The summed E-state index contributed by atoms with van der Waals surface area (Å²) < 4.78 is 0. The van der Waals surface area contributed by atoms with Crippen LogP contribution >= 0.6 is 11.3 Å². The molecule has 2 N–H and O–H groups in total. The molecular formula is C17H22N4S. The van der Waals surface area contributed by atoms with Crippen LogP contribution in [-0.2, 0) is 19.4 Å². The second kappa shape index (κ2) is 6.92. The van der Waals surface area contributed by atoms with Gasteiger partial charge in [-0.15, -0.1) is 11.3 Å². The lowest BCUT2D eigenvalue weighted by Crippen LogP contribution is -2.45. The van der Waals surface area contributed by atoms with Crippen molar-refractivity contribution in [3.63, 3.8) is 0 Å². The van der Waals surface area contributed by atoms with Crippen molar-refractivity contribution < 1.29 is 0 Å². The van der Waals surface area contributed by atoms with Crippen LogP contribution in [0.2, 0.25) is 0 Å². The molecule has 0 saturated carbocycles. The van der Waals surface area contributed by atoms with Gasteiger partial charge in [0.05, 0.1) is 11.6 Å². The van der Waals surface area contributed by atoms with E-state index in [4.69, 9.17) is 0 Å². The van der Waals surface area contributed by atoms with Crippen LogP contribution in [0.4, 0.5) is 0 Å². The van der Waals surface area contributed by atoms with Gasteiger partial charge in [0.15, 0.2) is 5.96 Å². The first-order chi connectivity index (χ1) is 10.7. The van der Waals surface area contributed by atoms with Crippen molar-refractivity contribution in [3.05, 3.63) is 51.5 Å². The fourth-order valence-electron chi connectivity index (χ4n) is 2.87. The number of rotatable bonds is 3. The van der Waals surface area contributed by atoms with Gasteiger partial charge in [-0.05, 0) is 37.3 Å². The van der Waals surface area contributed by atoms with Gasteiger partial charge in [0, 0.05) is 24.2 Å². The zero-order valence-corrected chi connectivity index (χ0v) is 13.9.